The minimum atomic E-state index is -1.08. The summed E-state index contributed by atoms with van der Waals surface area (Å²) < 4.78 is 4.59. The van der Waals surface area contributed by atoms with Crippen molar-refractivity contribution in [2.45, 2.75) is 6.42 Å². The molecule has 0 aliphatic rings. The number of hydrogen-bond donors (Lipinski definition) is 3. The van der Waals surface area contributed by atoms with E-state index in [0.29, 0.717) is 6.54 Å². The van der Waals surface area contributed by atoms with E-state index in [4.69, 9.17) is 5.11 Å². The molecule has 0 fully saturated rings. The molecule has 0 radical (unpaired) electrons. The van der Waals surface area contributed by atoms with Crippen LogP contribution in [0.3, 0.4) is 0 Å². The highest BCUT2D eigenvalue weighted by Crippen LogP contribution is 1.77. The van der Waals surface area contributed by atoms with Gasteiger partial charge in [-0.2, -0.15) is 0 Å². The minimum Gasteiger partial charge on any atom is -0.480 e. The van der Waals surface area contributed by atoms with Crippen LogP contribution in [0.15, 0.2) is 0 Å². The quantitative estimate of drug-likeness (QED) is 0.433. The van der Waals surface area contributed by atoms with Crippen molar-refractivity contribution in [3.8, 4) is 0 Å². The molecule has 0 saturated carbocycles. The summed E-state index contributed by atoms with van der Waals surface area (Å²) in [6, 6.07) is 0. The lowest BCUT2D eigenvalue weighted by Crippen LogP contribution is -2.30. The first-order valence-corrected chi connectivity index (χ1v) is 4.37. The highest BCUT2D eigenvalue weighted by molar-refractivity contribution is 5.77. The van der Waals surface area contributed by atoms with E-state index in [1.54, 1.807) is 0 Å². The fourth-order valence-electron chi connectivity index (χ4n) is 0.775. The summed E-state index contributed by atoms with van der Waals surface area (Å²) in [6.45, 7) is 0.752. The van der Waals surface area contributed by atoms with Gasteiger partial charge in [-0.05, 0) is 20.0 Å². The number of aliphatic carboxylic acids is 1. The van der Waals surface area contributed by atoms with E-state index < -0.39 is 12.6 Å². The van der Waals surface area contributed by atoms with Gasteiger partial charge in [0.2, 0.25) is 5.91 Å². The molecular formula is C8H16N2O4. The predicted molar refractivity (Wildman–Crippen MR) is 50.0 cm³/mol. The van der Waals surface area contributed by atoms with Gasteiger partial charge in [0, 0.05) is 6.54 Å². The van der Waals surface area contributed by atoms with Crippen LogP contribution in [0, 0.1) is 0 Å². The number of carboxylic acids is 1. The first kappa shape index (κ1) is 12.9. The van der Waals surface area contributed by atoms with E-state index in [9.17, 15) is 9.59 Å². The molecule has 0 aliphatic carbocycles. The maximum atomic E-state index is 10.9. The van der Waals surface area contributed by atoms with Crippen LogP contribution in [-0.2, 0) is 14.3 Å². The summed E-state index contributed by atoms with van der Waals surface area (Å²) in [7, 11) is 1.83. The second kappa shape index (κ2) is 8.46. The largest absolute Gasteiger partial charge is 0.480 e. The van der Waals surface area contributed by atoms with Crippen molar-refractivity contribution < 1.29 is 19.4 Å². The van der Waals surface area contributed by atoms with Gasteiger partial charge in [-0.1, -0.05) is 0 Å². The molecule has 0 heterocycles. The molecule has 82 valence electrons. The average Bonchev–Trinajstić information content (AvgIpc) is 2.12. The van der Waals surface area contributed by atoms with Crippen LogP contribution in [-0.4, -0.2) is 50.3 Å². The Bertz CT molecular complexity index is 184. The predicted octanol–water partition coefficient (Wildman–Crippen LogP) is -1.19. The highest BCUT2D eigenvalue weighted by atomic mass is 16.5. The van der Waals surface area contributed by atoms with Gasteiger partial charge in [0.15, 0.2) is 0 Å². The van der Waals surface area contributed by atoms with Crippen molar-refractivity contribution in [3.05, 3.63) is 0 Å². The fourth-order valence-corrected chi connectivity index (χ4v) is 0.775. The molecule has 0 aromatic rings. The number of carboxylic acid groups (broad SMARTS) is 1. The molecule has 0 saturated heterocycles. The van der Waals surface area contributed by atoms with Crippen molar-refractivity contribution in [2.24, 2.45) is 0 Å². The number of carbonyl (C=O) groups is 2. The lowest BCUT2D eigenvalue weighted by atomic mass is 10.4. The van der Waals surface area contributed by atoms with Crippen molar-refractivity contribution in [3.63, 3.8) is 0 Å². The third-order valence-electron chi connectivity index (χ3n) is 1.38. The smallest absolute Gasteiger partial charge is 0.329 e. The third kappa shape index (κ3) is 8.95. The van der Waals surface area contributed by atoms with Gasteiger partial charge in [-0.3, -0.25) is 4.79 Å². The summed E-state index contributed by atoms with van der Waals surface area (Å²) in [5.74, 6) is -1.37. The molecule has 0 aliphatic heterocycles. The number of ether oxygens (including phenoxy) is 1. The maximum absolute atomic E-state index is 10.9. The molecule has 0 bridgehead atoms. The monoisotopic (exact) mass is 204 g/mol. The van der Waals surface area contributed by atoms with Crippen molar-refractivity contribution in [2.75, 3.05) is 33.4 Å². The summed E-state index contributed by atoms with van der Waals surface area (Å²) in [6.07, 6.45) is 0.834. The van der Waals surface area contributed by atoms with Crippen molar-refractivity contribution in [1.29, 1.82) is 0 Å². The van der Waals surface area contributed by atoms with E-state index in [1.807, 2.05) is 7.05 Å². The summed E-state index contributed by atoms with van der Waals surface area (Å²) >= 11 is 0. The van der Waals surface area contributed by atoms with Crippen LogP contribution in [0.25, 0.3) is 0 Å². The van der Waals surface area contributed by atoms with E-state index in [2.05, 4.69) is 15.4 Å². The third-order valence-corrected chi connectivity index (χ3v) is 1.38. The number of amides is 1. The topological polar surface area (TPSA) is 87.7 Å². The Hall–Kier alpha value is -1.14. The van der Waals surface area contributed by atoms with Gasteiger partial charge in [-0.25, -0.2) is 4.79 Å². The van der Waals surface area contributed by atoms with Crippen molar-refractivity contribution in [1.82, 2.24) is 10.6 Å². The van der Waals surface area contributed by atoms with Crippen LogP contribution in [0.5, 0.6) is 0 Å². The van der Waals surface area contributed by atoms with Gasteiger partial charge in [-0.15, -0.1) is 0 Å². The second-order valence-electron chi connectivity index (χ2n) is 2.69. The Balaban J connectivity index is 3.24. The van der Waals surface area contributed by atoms with Gasteiger partial charge >= 0.3 is 5.97 Å². The number of hydrogen-bond acceptors (Lipinski definition) is 4. The van der Waals surface area contributed by atoms with Crippen LogP contribution in [0.1, 0.15) is 6.42 Å². The second-order valence-corrected chi connectivity index (χ2v) is 2.69. The maximum Gasteiger partial charge on any atom is 0.329 e. The zero-order valence-electron chi connectivity index (χ0n) is 8.21. The molecule has 0 spiro atoms. The number of nitrogens with one attached hydrogen (secondary N) is 2. The summed E-state index contributed by atoms with van der Waals surface area (Å²) in [5, 5.41) is 13.7. The molecule has 0 aromatic carbocycles. The Morgan fingerprint density at radius 3 is 2.57 bits per heavy atom. The van der Waals surface area contributed by atoms with Gasteiger partial charge < -0.3 is 20.5 Å². The normalized spacial score (nSPS) is 9.79. The van der Waals surface area contributed by atoms with Gasteiger partial charge in [0.1, 0.15) is 13.2 Å². The minimum absolute atomic E-state index is 0.203. The van der Waals surface area contributed by atoms with E-state index in [-0.39, 0.29) is 12.5 Å². The zero-order valence-corrected chi connectivity index (χ0v) is 8.21. The molecule has 6 nitrogen and oxygen atoms in total. The van der Waals surface area contributed by atoms with E-state index in [1.165, 1.54) is 0 Å². The standard InChI is InChI=1S/C8H16N2O4/c1-9-3-2-4-10-7(11)5-14-6-8(12)13/h9H,2-6H2,1H3,(H,10,11)(H,12,13). The molecule has 0 aromatic heterocycles. The first-order chi connectivity index (χ1) is 6.66. The SMILES string of the molecule is CNCCCNC(=O)COCC(=O)O. The lowest BCUT2D eigenvalue weighted by molar-refractivity contribution is -0.143. The highest BCUT2D eigenvalue weighted by Gasteiger charge is 2.02. The number of rotatable bonds is 8. The number of carbonyl (C=O) groups excluding carboxylic acids is 1. The molecule has 1 amide bonds. The van der Waals surface area contributed by atoms with Crippen LogP contribution >= 0.6 is 0 Å². The van der Waals surface area contributed by atoms with Gasteiger partial charge in [0.05, 0.1) is 0 Å². The van der Waals surface area contributed by atoms with E-state index in [0.717, 1.165) is 13.0 Å². The molecule has 6 heteroatoms. The van der Waals surface area contributed by atoms with E-state index >= 15 is 0 Å². The summed E-state index contributed by atoms with van der Waals surface area (Å²) in [4.78, 5) is 21.0. The lowest BCUT2D eigenvalue weighted by Gasteiger charge is -2.04. The molecular weight excluding hydrogens is 188 g/mol. The molecule has 0 rings (SSSR count). The molecule has 14 heavy (non-hydrogen) atoms. The zero-order chi connectivity index (χ0) is 10.8. The van der Waals surface area contributed by atoms with Crippen LogP contribution < -0.4 is 10.6 Å². The fraction of sp³-hybridized carbons (Fsp3) is 0.750. The average molecular weight is 204 g/mol. The van der Waals surface area contributed by atoms with Crippen molar-refractivity contribution >= 4 is 11.9 Å². The van der Waals surface area contributed by atoms with Crippen LogP contribution in [0.4, 0.5) is 0 Å². The first-order valence-electron chi connectivity index (χ1n) is 4.37. The van der Waals surface area contributed by atoms with Gasteiger partial charge in [0.25, 0.3) is 0 Å². The molecule has 3 N–H and O–H groups in total. The van der Waals surface area contributed by atoms with Crippen LogP contribution in [0.2, 0.25) is 0 Å². The Morgan fingerprint density at radius 2 is 2.00 bits per heavy atom. The summed E-state index contributed by atoms with van der Waals surface area (Å²) in [5.41, 5.74) is 0. The Kier molecular flexibility index (Phi) is 7.77. The molecule has 0 unspecified atom stereocenters. The Morgan fingerprint density at radius 1 is 1.29 bits per heavy atom. The Labute approximate surface area is 82.6 Å². The molecule has 0 atom stereocenters.